The average molecular weight is 392 g/mol. The highest BCUT2D eigenvalue weighted by atomic mass is 16.5. The van der Waals surface area contributed by atoms with E-state index in [-0.39, 0.29) is 0 Å². The van der Waals surface area contributed by atoms with Gasteiger partial charge in [0.05, 0.1) is 18.5 Å². The van der Waals surface area contributed by atoms with E-state index in [0.29, 0.717) is 18.8 Å². The van der Waals surface area contributed by atoms with Crippen LogP contribution in [-0.2, 0) is 16.0 Å². The molecule has 0 aliphatic heterocycles. The highest BCUT2D eigenvalue weighted by Gasteiger charge is 2.17. The van der Waals surface area contributed by atoms with Crippen molar-refractivity contribution in [2.75, 3.05) is 19.0 Å². The van der Waals surface area contributed by atoms with Crippen LogP contribution in [0.25, 0.3) is 5.69 Å². The minimum atomic E-state index is -0.738. The van der Waals surface area contributed by atoms with Crippen molar-refractivity contribution >= 4 is 17.6 Å². The van der Waals surface area contributed by atoms with Crippen molar-refractivity contribution in [3.63, 3.8) is 0 Å². The lowest BCUT2D eigenvalue weighted by molar-refractivity contribution is -0.136. The minimum absolute atomic E-state index is 0.322. The lowest BCUT2D eigenvalue weighted by Crippen LogP contribution is -2.36. The normalized spacial score (nSPS) is 10.4. The second kappa shape index (κ2) is 9.05. The molecule has 1 heterocycles. The molecule has 0 bridgehead atoms. The summed E-state index contributed by atoms with van der Waals surface area (Å²) in [5.41, 5.74) is 3.62. The quantitative estimate of drug-likeness (QED) is 0.632. The zero-order valence-corrected chi connectivity index (χ0v) is 16.7. The van der Waals surface area contributed by atoms with Gasteiger partial charge >= 0.3 is 11.8 Å². The van der Waals surface area contributed by atoms with E-state index in [4.69, 9.17) is 4.74 Å². The highest BCUT2D eigenvalue weighted by molar-refractivity contribution is 6.39. The fourth-order valence-corrected chi connectivity index (χ4v) is 2.94. The Morgan fingerprint density at radius 1 is 1.03 bits per heavy atom. The van der Waals surface area contributed by atoms with E-state index in [1.165, 1.54) is 0 Å². The van der Waals surface area contributed by atoms with Crippen LogP contribution in [0.1, 0.15) is 16.8 Å². The molecule has 7 nitrogen and oxygen atoms in total. The first-order chi connectivity index (χ1) is 14.0. The van der Waals surface area contributed by atoms with Crippen LogP contribution < -0.4 is 15.4 Å². The first kappa shape index (κ1) is 20.1. The number of benzene rings is 2. The number of hydrogen-bond acceptors (Lipinski definition) is 4. The minimum Gasteiger partial charge on any atom is -0.496 e. The van der Waals surface area contributed by atoms with E-state index < -0.39 is 11.8 Å². The van der Waals surface area contributed by atoms with Gasteiger partial charge < -0.3 is 15.4 Å². The molecule has 0 spiro atoms. The third kappa shape index (κ3) is 5.01. The van der Waals surface area contributed by atoms with Crippen molar-refractivity contribution in [3.05, 3.63) is 71.4 Å². The van der Waals surface area contributed by atoms with Crippen LogP contribution in [-0.4, -0.2) is 35.2 Å². The highest BCUT2D eigenvalue weighted by Crippen LogP contribution is 2.18. The second-order valence-electron chi connectivity index (χ2n) is 6.69. The number of nitrogens with one attached hydrogen (secondary N) is 2. The molecular weight excluding hydrogens is 368 g/mol. The molecule has 0 aliphatic carbocycles. The van der Waals surface area contributed by atoms with Crippen LogP contribution in [0.3, 0.4) is 0 Å². The van der Waals surface area contributed by atoms with Gasteiger partial charge in [-0.25, -0.2) is 4.68 Å². The number of anilines is 1. The Morgan fingerprint density at radius 3 is 2.48 bits per heavy atom. The Kier molecular flexibility index (Phi) is 6.29. The van der Waals surface area contributed by atoms with Crippen molar-refractivity contribution in [2.45, 2.75) is 20.3 Å². The molecule has 0 unspecified atom stereocenters. The summed E-state index contributed by atoms with van der Waals surface area (Å²) >= 11 is 0. The van der Waals surface area contributed by atoms with E-state index in [2.05, 4.69) is 15.7 Å². The monoisotopic (exact) mass is 392 g/mol. The third-order valence-electron chi connectivity index (χ3n) is 4.43. The van der Waals surface area contributed by atoms with Crippen LogP contribution in [0, 0.1) is 13.8 Å². The van der Waals surface area contributed by atoms with Crippen molar-refractivity contribution in [2.24, 2.45) is 0 Å². The number of aromatic nitrogens is 2. The van der Waals surface area contributed by atoms with Crippen LogP contribution in [0.5, 0.6) is 5.75 Å². The molecule has 7 heteroatoms. The maximum atomic E-state index is 12.3. The second-order valence-corrected chi connectivity index (χ2v) is 6.69. The molecule has 29 heavy (non-hydrogen) atoms. The van der Waals surface area contributed by atoms with Crippen LogP contribution in [0.15, 0.2) is 54.6 Å². The molecule has 2 N–H and O–H groups in total. The predicted molar refractivity (Wildman–Crippen MR) is 111 cm³/mol. The van der Waals surface area contributed by atoms with Gasteiger partial charge in [-0.05, 0) is 44.0 Å². The molecular formula is C22H24N4O3. The molecule has 0 radical (unpaired) electrons. The topological polar surface area (TPSA) is 85.2 Å². The van der Waals surface area contributed by atoms with Crippen molar-refractivity contribution in [1.82, 2.24) is 15.1 Å². The molecule has 2 aromatic carbocycles. The molecule has 0 fully saturated rings. The maximum absolute atomic E-state index is 12.3. The Hall–Kier alpha value is -3.61. The number of amides is 2. The number of para-hydroxylation sites is 1. The van der Waals surface area contributed by atoms with E-state index in [1.54, 1.807) is 17.9 Å². The molecule has 2 amide bonds. The van der Waals surface area contributed by atoms with Gasteiger partial charge in [0.25, 0.3) is 0 Å². The molecule has 150 valence electrons. The van der Waals surface area contributed by atoms with Crippen molar-refractivity contribution in [3.8, 4) is 11.4 Å². The first-order valence-corrected chi connectivity index (χ1v) is 9.32. The third-order valence-corrected chi connectivity index (χ3v) is 4.43. The molecule has 3 aromatic rings. The van der Waals surface area contributed by atoms with Gasteiger partial charge in [-0.3, -0.25) is 9.59 Å². The van der Waals surface area contributed by atoms with Gasteiger partial charge in [0, 0.05) is 12.6 Å². The van der Waals surface area contributed by atoms with E-state index >= 15 is 0 Å². The lowest BCUT2D eigenvalue weighted by Gasteiger charge is -2.10. The van der Waals surface area contributed by atoms with Gasteiger partial charge in [-0.2, -0.15) is 5.10 Å². The summed E-state index contributed by atoms with van der Waals surface area (Å²) in [5, 5.41) is 9.68. The number of ether oxygens (including phenoxy) is 1. The van der Waals surface area contributed by atoms with Gasteiger partial charge in [0.2, 0.25) is 0 Å². The number of aryl methyl sites for hydroxylation is 2. The number of nitrogens with zero attached hydrogens (tertiary/aromatic N) is 2. The SMILES string of the molecule is COc1ccccc1CCNC(=O)C(=O)Nc1cc(C)nn1-c1ccc(C)cc1. The summed E-state index contributed by atoms with van der Waals surface area (Å²) in [6, 6.07) is 17.0. The Morgan fingerprint density at radius 2 is 1.76 bits per heavy atom. The summed E-state index contributed by atoms with van der Waals surface area (Å²) < 4.78 is 6.90. The fourth-order valence-electron chi connectivity index (χ4n) is 2.94. The van der Waals surface area contributed by atoms with E-state index in [0.717, 1.165) is 28.3 Å². The van der Waals surface area contributed by atoms with Crippen molar-refractivity contribution in [1.29, 1.82) is 0 Å². The summed E-state index contributed by atoms with van der Waals surface area (Å²) in [5.74, 6) is -0.243. The largest absolute Gasteiger partial charge is 0.496 e. The average Bonchev–Trinajstić information content (AvgIpc) is 3.08. The smallest absolute Gasteiger partial charge is 0.314 e. The number of carbonyl (C=O) groups excluding carboxylic acids is 2. The summed E-state index contributed by atoms with van der Waals surface area (Å²) in [7, 11) is 1.60. The molecule has 0 saturated heterocycles. The van der Waals surface area contributed by atoms with Crippen LogP contribution in [0.2, 0.25) is 0 Å². The van der Waals surface area contributed by atoms with Crippen LogP contribution in [0.4, 0.5) is 5.82 Å². The number of hydrogen-bond donors (Lipinski definition) is 2. The summed E-state index contributed by atoms with van der Waals surface area (Å²) in [6.45, 7) is 4.15. The van der Waals surface area contributed by atoms with Gasteiger partial charge in [-0.15, -0.1) is 0 Å². The Bertz CT molecular complexity index is 1010. The lowest BCUT2D eigenvalue weighted by atomic mass is 10.1. The number of rotatable bonds is 6. The molecule has 1 aromatic heterocycles. The maximum Gasteiger partial charge on any atom is 0.314 e. The Labute approximate surface area is 169 Å². The predicted octanol–water partition coefficient (Wildman–Crippen LogP) is 2.80. The number of carbonyl (C=O) groups is 2. The van der Waals surface area contributed by atoms with Gasteiger partial charge in [0.1, 0.15) is 11.6 Å². The fraction of sp³-hybridized carbons (Fsp3) is 0.227. The van der Waals surface area contributed by atoms with E-state index in [1.807, 2.05) is 62.4 Å². The standard InChI is InChI=1S/C22H24N4O3/c1-15-8-10-18(11-9-15)26-20(14-16(2)25-26)24-22(28)21(27)23-13-12-17-6-4-5-7-19(17)29-3/h4-11,14H,12-13H2,1-3H3,(H,23,27)(H,24,28). The van der Waals surface area contributed by atoms with Gasteiger partial charge in [-0.1, -0.05) is 35.9 Å². The molecule has 0 saturated carbocycles. The Balaban J connectivity index is 1.61. The zero-order valence-electron chi connectivity index (χ0n) is 16.7. The van der Waals surface area contributed by atoms with Crippen molar-refractivity contribution < 1.29 is 14.3 Å². The first-order valence-electron chi connectivity index (χ1n) is 9.32. The molecule has 0 aliphatic rings. The molecule has 3 rings (SSSR count). The van der Waals surface area contributed by atoms with Gasteiger partial charge in [0.15, 0.2) is 0 Å². The summed E-state index contributed by atoms with van der Waals surface area (Å²) in [4.78, 5) is 24.5. The molecule has 0 atom stereocenters. The zero-order chi connectivity index (χ0) is 20.8. The van der Waals surface area contributed by atoms with E-state index in [9.17, 15) is 9.59 Å². The van der Waals surface area contributed by atoms with Crippen LogP contribution >= 0.6 is 0 Å². The summed E-state index contributed by atoms with van der Waals surface area (Å²) in [6.07, 6.45) is 0.559. The number of methoxy groups -OCH3 is 1.